The molecule has 1 aliphatic carbocycles. The maximum Gasteiger partial charge on any atom is 0.0352 e. The number of anilines is 1. The van der Waals surface area contributed by atoms with Crippen molar-refractivity contribution >= 4 is 28.3 Å². The SMILES string of the molecule is Ic1cccc(NC2CC2)c1. The molecule has 0 spiro atoms. The summed E-state index contributed by atoms with van der Waals surface area (Å²) in [4.78, 5) is 0. The van der Waals surface area contributed by atoms with E-state index in [1.54, 1.807) is 0 Å². The average Bonchev–Trinajstić information content (AvgIpc) is 2.71. The van der Waals surface area contributed by atoms with Crippen molar-refractivity contribution in [3.05, 3.63) is 27.8 Å². The predicted molar refractivity (Wildman–Crippen MR) is 55.8 cm³/mol. The molecular weight excluding hydrogens is 249 g/mol. The summed E-state index contributed by atoms with van der Waals surface area (Å²) in [6.07, 6.45) is 2.68. The second kappa shape index (κ2) is 3.01. The minimum absolute atomic E-state index is 0.758. The second-order valence-corrected chi connectivity index (χ2v) is 4.17. The molecule has 1 fully saturated rings. The molecule has 0 unspecified atom stereocenters. The summed E-state index contributed by atoms with van der Waals surface area (Å²) in [6.45, 7) is 0. The Labute approximate surface area is 80.3 Å². The molecule has 0 amide bonds. The summed E-state index contributed by atoms with van der Waals surface area (Å²) < 4.78 is 1.30. The van der Waals surface area contributed by atoms with E-state index in [4.69, 9.17) is 0 Å². The first-order valence-electron chi connectivity index (χ1n) is 3.87. The number of benzene rings is 1. The lowest BCUT2D eigenvalue weighted by atomic mass is 10.3. The monoisotopic (exact) mass is 259 g/mol. The quantitative estimate of drug-likeness (QED) is 0.805. The van der Waals surface area contributed by atoms with Gasteiger partial charge < -0.3 is 5.32 Å². The molecule has 11 heavy (non-hydrogen) atoms. The molecule has 0 atom stereocenters. The van der Waals surface area contributed by atoms with Gasteiger partial charge in [-0.05, 0) is 53.6 Å². The zero-order valence-electron chi connectivity index (χ0n) is 6.18. The lowest BCUT2D eigenvalue weighted by Gasteiger charge is -2.03. The zero-order valence-corrected chi connectivity index (χ0v) is 8.34. The molecule has 0 radical (unpaired) electrons. The van der Waals surface area contributed by atoms with Crippen LogP contribution in [0.5, 0.6) is 0 Å². The van der Waals surface area contributed by atoms with Crippen molar-refractivity contribution in [3.63, 3.8) is 0 Å². The summed E-state index contributed by atoms with van der Waals surface area (Å²) in [5.41, 5.74) is 1.26. The molecule has 1 N–H and O–H groups in total. The van der Waals surface area contributed by atoms with Gasteiger partial charge >= 0.3 is 0 Å². The fourth-order valence-corrected chi connectivity index (χ4v) is 1.58. The van der Waals surface area contributed by atoms with E-state index in [1.165, 1.54) is 22.1 Å². The van der Waals surface area contributed by atoms with Gasteiger partial charge in [-0.3, -0.25) is 0 Å². The molecule has 0 heterocycles. The third-order valence-electron chi connectivity index (χ3n) is 1.77. The van der Waals surface area contributed by atoms with Crippen LogP contribution in [0.1, 0.15) is 12.8 Å². The maximum atomic E-state index is 3.45. The first kappa shape index (κ1) is 7.40. The largest absolute Gasteiger partial charge is 0.382 e. The van der Waals surface area contributed by atoms with Gasteiger partial charge in [0, 0.05) is 15.3 Å². The van der Waals surface area contributed by atoms with Gasteiger partial charge in [0.05, 0.1) is 0 Å². The summed E-state index contributed by atoms with van der Waals surface area (Å²) in [5.74, 6) is 0. The normalized spacial score (nSPS) is 16.5. The standard InChI is InChI=1S/C9H10IN/c10-7-2-1-3-9(6-7)11-8-4-5-8/h1-3,6,8,11H,4-5H2. The van der Waals surface area contributed by atoms with Gasteiger partial charge in [-0.1, -0.05) is 6.07 Å². The topological polar surface area (TPSA) is 12.0 Å². The smallest absolute Gasteiger partial charge is 0.0352 e. The molecule has 2 rings (SSSR count). The van der Waals surface area contributed by atoms with Crippen LogP contribution in [0.25, 0.3) is 0 Å². The minimum Gasteiger partial charge on any atom is -0.382 e. The van der Waals surface area contributed by atoms with Crippen LogP contribution in [-0.2, 0) is 0 Å². The highest BCUT2D eigenvalue weighted by atomic mass is 127. The summed E-state index contributed by atoms with van der Waals surface area (Å²) >= 11 is 2.33. The Balaban J connectivity index is 2.10. The van der Waals surface area contributed by atoms with E-state index in [0.717, 1.165) is 6.04 Å². The van der Waals surface area contributed by atoms with Crippen LogP contribution >= 0.6 is 22.6 Å². The second-order valence-electron chi connectivity index (χ2n) is 2.93. The van der Waals surface area contributed by atoms with E-state index < -0.39 is 0 Å². The van der Waals surface area contributed by atoms with Gasteiger partial charge in [-0.2, -0.15) is 0 Å². The highest BCUT2D eigenvalue weighted by Crippen LogP contribution is 2.25. The molecule has 1 aromatic rings. The minimum atomic E-state index is 0.758. The van der Waals surface area contributed by atoms with Crippen LogP contribution in [0.4, 0.5) is 5.69 Å². The lowest BCUT2D eigenvalue weighted by molar-refractivity contribution is 1.15. The van der Waals surface area contributed by atoms with Crippen molar-refractivity contribution < 1.29 is 0 Å². The molecule has 2 heteroatoms. The molecule has 0 saturated heterocycles. The van der Waals surface area contributed by atoms with E-state index in [9.17, 15) is 0 Å². The van der Waals surface area contributed by atoms with Crippen LogP contribution in [0.15, 0.2) is 24.3 Å². The van der Waals surface area contributed by atoms with Crippen LogP contribution in [0.3, 0.4) is 0 Å². The van der Waals surface area contributed by atoms with Crippen LogP contribution < -0.4 is 5.32 Å². The molecule has 1 aliphatic rings. The number of rotatable bonds is 2. The van der Waals surface area contributed by atoms with Crippen molar-refractivity contribution in [2.24, 2.45) is 0 Å². The Morgan fingerprint density at radius 3 is 2.82 bits per heavy atom. The van der Waals surface area contributed by atoms with E-state index in [2.05, 4.69) is 52.2 Å². The first-order valence-corrected chi connectivity index (χ1v) is 4.94. The highest BCUT2D eigenvalue weighted by molar-refractivity contribution is 14.1. The fraction of sp³-hybridized carbons (Fsp3) is 0.333. The Bertz CT molecular complexity index is 255. The van der Waals surface area contributed by atoms with E-state index in [1.807, 2.05) is 0 Å². The van der Waals surface area contributed by atoms with Gasteiger partial charge in [0.1, 0.15) is 0 Å². The summed E-state index contributed by atoms with van der Waals surface area (Å²) in [7, 11) is 0. The number of hydrogen-bond donors (Lipinski definition) is 1. The molecular formula is C9H10IN. The van der Waals surface area contributed by atoms with Gasteiger partial charge in [-0.15, -0.1) is 0 Å². The van der Waals surface area contributed by atoms with Gasteiger partial charge in [-0.25, -0.2) is 0 Å². The van der Waals surface area contributed by atoms with E-state index >= 15 is 0 Å². The first-order chi connectivity index (χ1) is 5.34. The molecule has 1 saturated carbocycles. The summed E-state index contributed by atoms with van der Waals surface area (Å²) in [5, 5.41) is 3.45. The van der Waals surface area contributed by atoms with Crippen molar-refractivity contribution in [2.75, 3.05) is 5.32 Å². The Kier molecular flexibility index (Phi) is 2.02. The van der Waals surface area contributed by atoms with Crippen LogP contribution in [0.2, 0.25) is 0 Å². The van der Waals surface area contributed by atoms with Crippen LogP contribution in [-0.4, -0.2) is 6.04 Å². The fourth-order valence-electron chi connectivity index (χ4n) is 1.04. The van der Waals surface area contributed by atoms with Crippen molar-refractivity contribution in [3.8, 4) is 0 Å². The molecule has 0 aliphatic heterocycles. The molecule has 0 bridgehead atoms. The zero-order chi connectivity index (χ0) is 7.68. The molecule has 0 aromatic heterocycles. The number of hydrogen-bond acceptors (Lipinski definition) is 1. The predicted octanol–water partition coefficient (Wildman–Crippen LogP) is 2.87. The van der Waals surface area contributed by atoms with Gasteiger partial charge in [0.2, 0.25) is 0 Å². The third kappa shape index (κ3) is 2.09. The Hall–Kier alpha value is -0.250. The third-order valence-corrected chi connectivity index (χ3v) is 2.44. The Morgan fingerprint density at radius 1 is 1.36 bits per heavy atom. The Morgan fingerprint density at radius 2 is 2.18 bits per heavy atom. The summed E-state index contributed by atoms with van der Waals surface area (Å²) in [6, 6.07) is 9.26. The molecule has 58 valence electrons. The maximum absolute atomic E-state index is 3.45. The highest BCUT2D eigenvalue weighted by Gasteiger charge is 2.20. The molecule has 1 nitrogen and oxygen atoms in total. The van der Waals surface area contributed by atoms with E-state index in [0.29, 0.717) is 0 Å². The van der Waals surface area contributed by atoms with Crippen molar-refractivity contribution in [1.82, 2.24) is 0 Å². The van der Waals surface area contributed by atoms with E-state index in [-0.39, 0.29) is 0 Å². The average molecular weight is 259 g/mol. The van der Waals surface area contributed by atoms with Gasteiger partial charge in [0.25, 0.3) is 0 Å². The number of halogens is 1. The van der Waals surface area contributed by atoms with Crippen LogP contribution in [0, 0.1) is 3.57 Å². The van der Waals surface area contributed by atoms with Crippen molar-refractivity contribution in [2.45, 2.75) is 18.9 Å². The van der Waals surface area contributed by atoms with Gasteiger partial charge in [0.15, 0.2) is 0 Å². The van der Waals surface area contributed by atoms with Crippen molar-refractivity contribution in [1.29, 1.82) is 0 Å². The number of nitrogens with one attached hydrogen (secondary N) is 1. The lowest BCUT2D eigenvalue weighted by Crippen LogP contribution is -2.00. The molecule has 1 aromatic carbocycles.